The number of esters is 1. The largest absolute Gasteiger partial charge is 0.452 e. The van der Waals surface area contributed by atoms with Crippen molar-refractivity contribution < 1.29 is 19.1 Å². The predicted molar refractivity (Wildman–Crippen MR) is 112 cm³/mol. The highest BCUT2D eigenvalue weighted by molar-refractivity contribution is 6.35. The molecule has 144 valence electrons. The second-order valence-electron chi connectivity index (χ2n) is 6.40. The molecule has 0 radical (unpaired) electrons. The summed E-state index contributed by atoms with van der Waals surface area (Å²) in [7, 11) is 0. The Morgan fingerprint density at radius 2 is 1.79 bits per heavy atom. The van der Waals surface area contributed by atoms with E-state index >= 15 is 0 Å². The fraction of sp³-hybridized carbons (Fsp3) is 0.0435. The molecule has 6 heteroatoms. The van der Waals surface area contributed by atoms with Gasteiger partial charge in [-0.1, -0.05) is 59.6 Å². The smallest absolute Gasteiger partial charge is 0.315 e. The highest BCUT2D eigenvalue weighted by atomic mass is 35.5. The number of ketones is 1. The van der Waals surface area contributed by atoms with Crippen molar-refractivity contribution in [2.45, 2.75) is 6.42 Å². The fourth-order valence-corrected chi connectivity index (χ4v) is 3.38. The molecule has 0 amide bonds. The summed E-state index contributed by atoms with van der Waals surface area (Å²) in [4.78, 5) is 24.7. The molecule has 1 heterocycles. The Labute approximate surface area is 177 Å². The molecular formula is C23H14Cl2O4. The summed E-state index contributed by atoms with van der Waals surface area (Å²) in [6.07, 6.45) is 1.71. The Bertz CT molecular complexity index is 1140. The number of ether oxygens (including phenoxy) is 2. The van der Waals surface area contributed by atoms with Gasteiger partial charge in [-0.2, -0.15) is 0 Å². The summed E-state index contributed by atoms with van der Waals surface area (Å²) in [5.41, 5.74) is 1.86. The minimum atomic E-state index is -0.399. The molecule has 0 aliphatic carbocycles. The van der Waals surface area contributed by atoms with Crippen molar-refractivity contribution in [3.8, 4) is 11.5 Å². The molecule has 0 spiro atoms. The van der Waals surface area contributed by atoms with Crippen LogP contribution in [-0.2, 0) is 11.2 Å². The van der Waals surface area contributed by atoms with Gasteiger partial charge in [0.2, 0.25) is 5.78 Å². The van der Waals surface area contributed by atoms with E-state index in [2.05, 4.69) is 0 Å². The van der Waals surface area contributed by atoms with E-state index in [1.54, 1.807) is 36.4 Å². The van der Waals surface area contributed by atoms with E-state index in [0.29, 0.717) is 32.7 Å². The lowest BCUT2D eigenvalue weighted by molar-refractivity contribution is -0.133. The van der Waals surface area contributed by atoms with Gasteiger partial charge in [0.1, 0.15) is 11.5 Å². The maximum atomic E-state index is 12.6. The van der Waals surface area contributed by atoms with E-state index < -0.39 is 5.97 Å². The summed E-state index contributed by atoms with van der Waals surface area (Å²) in [6.45, 7) is 0. The molecule has 1 aliphatic heterocycles. The molecule has 3 aromatic rings. The molecule has 0 unspecified atom stereocenters. The number of carbonyl (C=O) groups is 2. The number of halogens is 2. The van der Waals surface area contributed by atoms with Crippen molar-refractivity contribution in [1.82, 2.24) is 0 Å². The Morgan fingerprint density at radius 1 is 1.00 bits per heavy atom. The lowest BCUT2D eigenvalue weighted by atomic mass is 10.1. The molecule has 4 rings (SSSR count). The number of allylic oxidation sites excluding steroid dienone is 1. The number of rotatable bonds is 4. The molecule has 0 N–H and O–H groups in total. The Morgan fingerprint density at radius 3 is 2.55 bits per heavy atom. The Balaban J connectivity index is 1.51. The molecule has 3 aromatic carbocycles. The van der Waals surface area contributed by atoms with Gasteiger partial charge in [-0.15, -0.1) is 0 Å². The third kappa shape index (κ3) is 4.34. The van der Waals surface area contributed by atoms with Crippen molar-refractivity contribution >= 4 is 41.0 Å². The molecule has 4 nitrogen and oxygen atoms in total. The third-order valence-electron chi connectivity index (χ3n) is 4.31. The van der Waals surface area contributed by atoms with Gasteiger partial charge in [-0.3, -0.25) is 9.59 Å². The van der Waals surface area contributed by atoms with Crippen LogP contribution in [-0.4, -0.2) is 11.8 Å². The monoisotopic (exact) mass is 424 g/mol. The number of benzene rings is 3. The normalized spacial score (nSPS) is 13.9. The number of carbonyl (C=O) groups excluding carboxylic acids is 2. The second kappa shape index (κ2) is 8.11. The van der Waals surface area contributed by atoms with E-state index in [4.69, 9.17) is 32.7 Å². The third-order valence-corrected chi connectivity index (χ3v) is 4.88. The van der Waals surface area contributed by atoms with Crippen LogP contribution in [0.15, 0.2) is 72.5 Å². The van der Waals surface area contributed by atoms with Gasteiger partial charge in [-0.05, 0) is 41.5 Å². The van der Waals surface area contributed by atoms with Gasteiger partial charge in [-0.25, -0.2) is 0 Å². The number of Topliss-reactive ketones (excluding diaryl/α,β-unsaturated/α-hetero) is 1. The maximum absolute atomic E-state index is 12.6. The Hall–Kier alpha value is -3.08. The van der Waals surface area contributed by atoms with Crippen LogP contribution < -0.4 is 9.47 Å². The van der Waals surface area contributed by atoms with Gasteiger partial charge < -0.3 is 9.47 Å². The van der Waals surface area contributed by atoms with Crippen LogP contribution in [0.25, 0.3) is 6.08 Å². The molecule has 0 saturated carbocycles. The summed E-state index contributed by atoms with van der Waals surface area (Å²) in [5.74, 6) is 0.106. The molecule has 0 fully saturated rings. The van der Waals surface area contributed by atoms with Crippen LogP contribution in [0.3, 0.4) is 0 Å². The van der Waals surface area contributed by atoms with Gasteiger partial charge >= 0.3 is 5.97 Å². The first-order valence-electron chi connectivity index (χ1n) is 8.77. The molecule has 0 atom stereocenters. The van der Waals surface area contributed by atoms with Crippen molar-refractivity contribution in [1.29, 1.82) is 0 Å². The first kappa shape index (κ1) is 19.2. The molecule has 0 aromatic heterocycles. The van der Waals surface area contributed by atoms with Crippen LogP contribution in [0.4, 0.5) is 0 Å². The molecule has 1 aliphatic rings. The zero-order valence-electron chi connectivity index (χ0n) is 15.0. The lowest BCUT2D eigenvalue weighted by Crippen LogP contribution is -2.11. The summed E-state index contributed by atoms with van der Waals surface area (Å²) < 4.78 is 11.1. The van der Waals surface area contributed by atoms with Crippen LogP contribution in [0.2, 0.25) is 10.0 Å². The second-order valence-corrected chi connectivity index (χ2v) is 7.24. The zero-order valence-corrected chi connectivity index (χ0v) is 16.5. The molecule has 29 heavy (non-hydrogen) atoms. The van der Waals surface area contributed by atoms with Crippen molar-refractivity contribution in [3.05, 3.63) is 99.2 Å². The van der Waals surface area contributed by atoms with Crippen LogP contribution in [0.1, 0.15) is 21.5 Å². The van der Waals surface area contributed by atoms with E-state index in [1.165, 1.54) is 6.07 Å². The van der Waals surface area contributed by atoms with Gasteiger partial charge in [0, 0.05) is 16.1 Å². The SMILES string of the molecule is O=C(Cc1ccccc1)Oc1ccc2c(c1)O/C(=C\c1ccc(Cl)cc1Cl)C2=O. The highest BCUT2D eigenvalue weighted by Crippen LogP contribution is 2.35. The van der Waals surface area contributed by atoms with Gasteiger partial charge in [0.25, 0.3) is 0 Å². The van der Waals surface area contributed by atoms with Crippen molar-refractivity contribution in [3.63, 3.8) is 0 Å². The average molecular weight is 425 g/mol. The van der Waals surface area contributed by atoms with Crippen LogP contribution in [0.5, 0.6) is 11.5 Å². The minimum Gasteiger partial charge on any atom is -0.452 e. The number of hydrogen-bond donors (Lipinski definition) is 0. The van der Waals surface area contributed by atoms with Crippen molar-refractivity contribution in [2.24, 2.45) is 0 Å². The topological polar surface area (TPSA) is 52.6 Å². The fourth-order valence-electron chi connectivity index (χ4n) is 2.92. The van der Waals surface area contributed by atoms with E-state index in [-0.39, 0.29) is 18.0 Å². The summed E-state index contributed by atoms with van der Waals surface area (Å²) >= 11 is 12.1. The minimum absolute atomic E-state index is 0.136. The van der Waals surface area contributed by atoms with Gasteiger partial charge in [0.15, 0.2) is 5.76 Å². The molecule has 0 saturated heterocycles. The number of fused-ring (bicyclic) bond motifs is 1. The quantitative estimate of drug-likeness (QED) is 0.303. The maximum Gasteiger partial charge on any atom is 0.315 e. The molecular weight excluding hydrogens is 411 g/mol. The predicted octanol–water partition coefficient (Wildman–Crippen LogP) is 5.76. The van der Waals surface area contributed by atoms with Crippen LogP contribution in [0, 0.1) is 0 Å². The van der Waals surface area contributed by atoms with E-state index in [0.717, 1.165) is 5.56 Å². The van der Waals surface area contributed by atoms with Crippen LogP contribution >= 0.6 is 23.2 Å². The zero-order chi connectivity index (χ0) is 20.4. The summed E-state index contributed by atoms with van der Waals surface area (Å²) in [5, 5.41) is 0.911. The first-order chi connectivity index (χ1) is 14.0. The van der Waals surface area contributed by atoms with Crippen molar-refractivity contribution in [2.75, 3.05) is 0 Å². The van der Waals surface area contributed by atoms with E-state index in [1.807, 2.05) is 30.3 Å². The summed E-state index contributed by atoms with van der Waals surface area (Å²) in [6, 6.07) is 18.9. The van der Waals surface area contributed by atoms with E-state index in [9.17, 15) is 9.59 Å². The molecule has 0 bridgehead atoms. The lowest BCUT2D eigenvalue weighted by Gasteiger charge is -2.06. The van der Waals surface area contributed by atoms with Gasteiger partial charge in [0.05, 0.1) is 12.0 Å². The Kier molecular flexibility index (Phi) is 5.38. The number of hydrogen-bond acceptors (Lipinski definition) is 4. The average Bonchev–Trinajstić information content (AvgIpc) is 2.99. The highest BCUT2D eigenvalue weighted by Gasteiger charge is 2.28. The standard InChI is InChI=1S/C23H14Cl2O4/c24-16-7-6-15(19(25)12-16)11-21-23(27)18-9-8-17(13-20(18)29-21)28-22(26)10-14-4-2-1-3-5-14/h1-9,11-13H,10H2/b21-11-. The first-order valence-corrected chi connectivity index (χ1v) is 9.53.